The molecule has 1 aliphatic rings. The first-order chi connectivity index (χ1) is 8.94. The summed E-state index contributed by atoms with van der Waals surface area (Å²) in [6.07, 6.45) is -3.06. The molecule has 0 saturated heterocycles. The normalized spacial score (nSPS) is 17.2. The van der Waals surface area contributed by atoms with Gasteiger partial charge in [0.05, 0.1) is 5.92 Å². The van der Waals surface area contributed by atoms with Gasteiger partial charge in [-0.05, 0) is 18.9 Å². The number of fused-ring (bicyclic) bond motifs is 1. The fraction of sp³-hybridized carbons (Fsp3) is 0.417. The van der Waals surface area contributed by atoms with Crippen molar-refractivity contribution in [3.05, 3.63) is 23.8 Å². The lowest BCUT2D eigenvalue weighted by atomic mass is 9.93. The molecule has 0 saturated carbocycles. The Hall–Kier alpha value is -1.56. The molecule has 1 unspecified atom stereocenters. The zero-order valence-corrected chi connectivity index (χ0v) is 10.5. The van der Waals surface area contributed by atoms with Crippen molar-refractivity contribution >= 4 is 17.6 Å². The maximum atomic E-state index is 13.0. The van der Waals surface area contributed by atoms with E-state index in [1.165, 1.54) is 18.2 Å². The zero-order valence-electron chi connectivity index (χ0n) is 9.74. The Morgan fingerprint density at radius 1 is 1.42 bits per heavy atom. The van der Waals surface area contributed by atoms with E-state index in [-0.39, 0.29) is 23.5 Å². The minimum absolute atomic E-state index is 0.153. The number of rotatable bonds is 5. The van der Waals surface area contributed by atoms with Crippen molar-refractivity contribution in [1.82, 2.24) is 0 Å². The molecular weight excluding hydrogens is 282 g/mol. The molecule has 4 nitrogen and oxygen atoms in total. The number of hydrogen-bond donors (Lipinski definition) is 1. The minimum Gasteiger partial charge on any atom is -0.481 e. The Kier molecular flexibility index (Phi) is 3.80. The fourth-order valence-corrected chi connectivity index (χ4v) is 2.11. The van der Waals surface area contributed by atoms with Crippen LogP contribution in [-0.2, 0) is 4.79 Å². The van der Waals surface area contributed by atoms with Crippen LogP contribution >= 0.6 is 11.6 Å². The first kappa shape index (κ1) is 13.9. The van der Waals surface area contributed by atoms with Gasteiger partial charge in [0.25, 0.3) is 0 Å². The van der Waals surface area contributed by atoms with Crippen LogP contribution in [0, 0.1) is 0 Å². The summed E-state index contributed by atoms with van der Waals surface area (Å²) in [5.74, 6) is -2.13. The lowest BCUT2D eigenvalue weighted by Gasteiger charge is -2.14. The molecule has 0 aromatic heterocycles. The third kappa shape index (κ3) is 2.89. The van der Waals surface area contributed by atoms with Crippen LogP contribution in [0.25, 0.3) is 0 Å². The molecule has 0 spiro atoms. The van der Waals surface area contributed by atoms with Gasteiger partial charge in [-0.25, -0.2) is 0 Å². The number of carboxylic acids is 1. The molecule has 7 heteroatoms. The lowest BCUT2D eigenvalue weighted by molar-refractivity contribution is -0.287. The second-order valence-corrected chi connectivity index (χ2v) is 4.44. The molecule has 1 aromatic rings. The minimum atomic E-state index is -3.76. The number of halogens is 3. The van der Waals surface area contributed by atoms with Gasteiger partial charge >= 0.3 is 12.3 Å². The van der Waals surface area contributed by atoms with Gasteiger partial charge in [-0.3, -0.25) is 4.79 Å². The van der Waals surface area contributed by atoms with Crippen LogP contribution in [0.3, 0.4) is 0 Å². The zero-order chi connectivity index (χ0) is 14.0. The van der Waals surface area contributed by atoms with Crippen molar-refractivity contribution in [2.24, 2.45) is 0 Å². The van der Waals surface area contributed by atoms with Crippen molar-refractivity contribution in [3.63, 3.8) is 0 Å². The maximum absolute atomic E-state index is 13.0. The van der Waals surface area contributed by atoms with Gasteiger partial charge in [0.2, 0.25) is 0 Å². The third-order valence-electron chi connectivity index (χ3n) is 2.76. The summed E-state index contributed by atoms with van der Waals surface area (Å²) in [5, 5.41) is 9.19. The van der Waals surface area contributed by atoms with E-state index in [0.29, 0.717) is 12.3 Å². The molecule has 1 N–H and O–H groups in total. The first-order valence-electron chi connectivity index (χ1n) is 5.62. The van der Waals surface area contributed by atoms with Crippen LogP contribution in [0.1, 0.15) is 24.3 Å². The summed E-state index contributed by atoms with van der Waals surface area (Å²) >= 11 is 5.53. The summed E-state index contributed by atoms with van der Waals surface area (Å²) in [4.78, 5) is 11.2. The molecule has 1 aromatic carbocycles. The second-order valence-electron chi connectivity index (χ2n) is 4.06. The Balaban J connectivity index is 2.35. The van der Waals surface area contributed by atoms with Crippen LogP contribution in [0.2, 0.25) is 0 Å². The maximum Gasteiger partial charge on any atom is 0.586 e. The summed E-state index contributed by atoms with van der Waals surface area (Å²) in [6, 6.07) is 4.20. The molecule has 0 fully saturated rings. The quantitative estimate of drug-likeness (QED) is 0.847. The van der Waals surface area contributed by atoms with E-state index in [0.717, 1.165) is 0 Å². The molecule has 0 radical (unpaired) electrons. The van der Waals surface area contributed by atoms with Crippen LogP contribution in [0.15, 0.2) is 18.2 Å². The largest absolute Gasteiger partial charge is 0.586 e. The van der Waals surface area contributed by atoms with Crippen molar-refractivity contribution in [3.8, 4) is 11.5 Å². The number of ether oxygens (including phenoxy) is 2. The van der Waals surface area contributed by atoms with Gasteiger partial charge in [-0.2, -0.15) is 0 Å². The molecule has 1 atom stereocenters. The monoisotopic (exact) mass is 292 g/mol. The Morgan fingerprint density at radius 2 is 2.16 bits per heavy atom. The van der Waals surface area contributed by atoms with Crippen molar-refractivity contribution in [1.29, 1.82) is 0 Å². The van der Waals surface area contributed by atoms with E-state index in [9.17, 15) is 18.7 Å². The van der Waals surface area contributed by atoms with E-state index >= 15 is 0 Å². The number of para-hydroxylation sites is 1. The van der Waals surface area contributed by atoms with E-state index in [1.54, 1.807) is 0 Å². The van der Waals surface area contributed by atoms with Gasteiger partial charge in [-0.1, -0.05) is 12.1 Å². The van der Waals surface area contributed by atoms with Gasteiger partial charge in [0, 0.05) is 11.4 Å². The molecule has 0 aliphatic carbocycles. The average Bonchev–Trinajstić information content (AvgIpc) is 2.63. The molecule has 0 bridgehead atoms. The smallest absolute Gasteiger partial charge is 0.481 e. The van der Waals surface area contributed by atoms with Crippen LogP contribution in [0.4, 0.5) is 8.78 Å². The average molecular weight is 293 g/mol. The van der Waals surface area contributed by atoms with Crippen LogP contribution < -0.4 is 9.47 Å². The number of aliphatic carboxylic acids is 1. The Bertz CT molecular complexity index is 493. The van der Waals surface area contributed by atoms with E-state index in [4.69, 9.17) is 11.6 Å². The molecule has 19 heavy (non-hydrogen) atoms. The van der Waals surface area contributed by atoms with E-state index in [1.807, 2.05) is 0 Å². The summed E-state index contributed by atoms with van der Waals surface area (Å²) < 4.78 is 34.7. The number of benzene rings is 1. The molecule has 1 aliphatic heterocycles. The van der Waals surface area contributed by atoms with Crippen molar-refractivity contribution in [2.75, 3.05) is 5.88 Å². The first-order valence-corrected chi connectivity index (χ1v) is 6.15. The Labute approximate surface area is 112 Å². The highest BCUT2D eigenvalue weighted by Gasteiger charge is 2.45. The highest BCUT2D eigenvalue weighted by molar-refractivity contribution is 6.17. The standard InChI is InChI=1S/C12H11ClF2O4/c13-6-2-4-8(11(16)17)7-3-1-5-9-10(7)19-12(14,15)18-9/h1,3,5,8H,2,4,6H2,(H,16,17). The van der Waals surface area contributed by atoms with E-state index < -0.39 is 18.2 Å². The van der Waals surface area contributed by atoms with Gasteiger partial charge in [0.15, 0.2) is 11.5 Å². The van der Waals surface area contributed by atoms with Crippen LogP contribution in [0.5, 0.6) is 11.5 Å². The summed E-state index contributed by atoms with van der Waals surface area (Å²) in [5.41, 5.74) is 0.173. The molecule has 104 valence electrons. The van der Waals surface area contributed by atoms with Gasteiger partial charge in [-0.15, -0.1) is 20.4 Å². The van der Waals surface area contributed by atoms with Crippen molar-refractivity contribution < 1.29 is 28.2 Å². The highest BCUT2D eigenvalue weighted by Crippen LogP contribution is 2.46. The van der Waals surface area contributed by atoms with Gasteiger partial charge in [0.1, 0.15) is 0 Å². The van der Waals surface area contributed by atoms with E-state index in [2.05, 4.69) is 9.47 Å². The Morgan fingerprint density at radius 3 is 2.79 bits per heavy atom. The van der Waals surface area contributed by atoms with Crippen LogP contribution in [-0.4, -0.2) is 23.3 Å². The number of carbonyl (C=O) groups is 1. The summed E-state index contributed by atoms with van der Waals surface area (Å²) in [7, 11) is 0. The molecule has 2 rings (SSSR count). The predicted molar refractivity (Wildman–Crippen MR) is 63.0 cm³/mol. The number of alkyl halides is 3. The van der Waals surface area contributed by atoms with Gasteiger partial charge < -0.3 is 14.6 Å². The summed E-state index contributed by atoms with van der Waals surface area (Å²) in [6.45, 7) is 0. The number of carboxylic acid groups (broad SMARTS) is 1. The van der Waals surface area contributed by atoms with Crippen molar-refractivity contribution in [2.45, 2.75) is 25.1 Å². The third-order valence-corrected chi connectivity index (χ3v) is 3.03. The topological polar surface area (TPSA) is 55.8 Å². The highest BCUT2D eigenvalue weighted by atomic mass is 35.5. The SMILES string of the molecule is O=C(O)C(CCCCl)c1cccc2c1OC(F)(F)O2. The number of hydrogen-bond acceptors (Lipinski definition) is 3. The predicted octanol–water partition coefficient (Wildman–Crippen LogP) is 3.20. The fourth-order valence-electron chi connectivity index (χ4n) is 1.96. The second kappa shape index (κ2) is 5.21. The molecule has 0 amide bonds. The lowest BCUT2D eigenvalue weighted by Crippen LogP contribution is -2.26. The molecule has 1 heterocycles. The molecular formula is C12H11ClF2O4.